The van der Waals surface area contributed by atoms with Crippen molar-refractivity contribution in [2.45, 2.75) is 17.9 Å². The van der Waals surface area contributed by atoms with Crippen LogP contribution in [0, 0.1) is 11.3 Å². The molecule has 0 fully saturated rings. The Morgan fingerprint density at radius 3 is 2.36 bits per heavy atom. The van der Waals surface area contributed by atoms with Gasteiger partial charge in [0.15, 0.2) is 6.61 Å². The summed E-state index contributed by atoms with van der Waals surface area (Å²) in [4.78, 5) is 25.8. The van der Waals surface area contributed by atoms with E-state index in [0.717, 1.165) is 5.56 Å². The Hall–Kier alpha value is -3.87. The van der Waals surface area contributed by atoms with E-state index >= 15 is 0 Å². The normalized spacial score (nSPS) is 10.8. The zero-order chi connectivity index (χ0) is 26.1. The summed E-state index contributed by atoms with van der Waals surface area (Å²) in [5.41, 5.74) is 1.16. The molecule has 0 atom stereocenters. The Bertz CT molecular complexity index is 1360. The van der Waals surface area contributed by atoms with Crippen LogP contribution >= 0.6 is 11.6 Å². The standard InChI is InChI=1S/C26H24ClN3O5S/c1-29(16-6-15-28)25(31)19-35-26(32)21-9-5-10-24(17-21)36(33,34)30(18-20-7-3-2-4-8-20)23-13-11-22(27)12-14-23/h2-5,7-14,17H,6,16,18-19H2,1H3. The van der Waals surface area contributed by atoms with Gasteiger partial charge in [-0.3, -0.25) is 9.10 Å². The van der Waals surface area contributed by atoms with E-state index in [1.165, 1.54) is 40.5 Å². The summed E-state index contributed by atoms with van der Waals surface area (Å²) in [5.74, 6) is -1.31. The Morgan fingerprint density at radius 1 is 1.00 bits per heavy atom. The maximum absolute atomic E-state index is 13.7. The fraction of sp³-hybridized carbons (Fsp3) is 0.192. The second-order valence-corrected chi connectivity index (χ2v) is 10.1. The smallest absolute Gasteiger partial charge is 0.338 e. The average Bonchev–Trinajstić information content (AvgIpc) is 2.90. The van der Waals surface area contributed by atoms with Crippen molar-refractivity contribution >= 4 is 39.2 Å². The van der Waals surface area contributed by atoms with Crippen molar-refractivity contribution in [2.24, 2.45) is 0 Å². The lowest BCUT2D eigenvalue weighted by Crippen LogP contribution is -2.32. The highest BCUT2D eigenvalue weighted by Gasteiger charge is 2.26. The highest BCUT2D eigenvalue weighted by molar-refractivity contribution is 7.92. The zero-order valence-corrected chi connectivity index (χ0v) is 21.1. The van der Waals surface area contributed by atoms with Crippen LogP contribution < -0.4 is 4.31 Å². The molecule has 10 heteroatoms. The van der Waals surface area contributed by atoms with Gasteiger partial charge < -0.3 is 9.64 Å². The van der Waals surface area contributed by atoms with Crippen molar-refractivity contribution in [3.63, 3.8) is 0 Å². The lowest BCUT2D eigenvalue weighted by molar-refractivity contribution is -0.133. The maximum Gasteiger partial charge on any atom is 0.338 e. The van der Waals surface area contributed by atoms with Crippen molar-refractivity contribution < 1.29 is 22.7 Å². The van der Waals surface area contributed by atoms with E-state index < -0.39 is 28.5 Å². The molecule has 3 rings (SSSR count). The van der Waals surface area contributed by atoms with E-state index in [4.69, 9.17) is 21.6 Å². The first-order chi connectivity index (χ1) is 17.2. The van der Waals surface area contributed by atoms with Crippen molar-refractivity contribution in [3.8, 4) is 6.07 Å². The molecule has 0 heterocycles. The van der Waals surface area contributed by atoms with Crippen LogP contribution in [-0.4, -0.2) is 45.4 Å². The molecule has 8 nitrogen and oxygen atoms in total. The number of amides is 1. The molecule has 0 radical (unpaired) electrons. The molecule has 0 unspecified atom stereocenters. The largest absolute Gasteiger partial charge is 0.452 e. The number of anilines is 1. The van der Waals surface area contributed by atoms with Gasteiger partial charge in [0.05, 0.1) is 35.2 Å². The van der Waals surface area contributed by atoms with E-state index in [9.17, 15) is 18.0 Å². The molecule has 0 bridgehead atoms. The van der Waals surface area contributed by atoms with Crippen LogP contribution in [0.15, 0.2) is 83.8 Å². The van der Waals surface area contributed by atoms with Gasteiger partial charge in [0.25, 0.3) is 15.9 Å². The van der Waals surface area contributed by atoms with Gasteiger partial charge >= 0.3 is 5.97 Å². The molecule has 186 valence electrons. The minimum Gasteiger partial charge on any atom is -0.452 e. The lowest BCUT2D eigenvalue weighted by Gasteiger charge is -2.25. The maximum atomic E-state index is 13.7. The Morgan fingerprint density at radius 2 is 1.69 bits per heavy atom. The summed E-state index contributed by atoms with van der Waals surface area (Å²) < 4.78 is 33.7. The molecule has 0 aliphatic rings. The molecule has 0 aromatic heterocycles. The molecule has 0 saturated carbocycles. The summed E-state index contributed by atoms with van der Waals surface area (Å²) in [7, 11) is -2.60. The van der Waals surface area contributed by atoms with E-state index in [2.05, 4.69) is 0 Å². The molecule has 0 aliphatic carbocycles. The molecule has 36 heavy (non-hydrogen) atoms. The van der Waals surface area contributed by atoms with Crippen molar-refractivity contribution in [2.75, 3.05) is 24.5 Å². The Kier molecular flexibility index (Phi) is 9.06. The van der Waals surface area contributed by atoms with E-state index in [-0.39, 0.29) is 30.0 Å². The van der Waals surface area contributed by atoms with Gasteiger partial charge in [0.1, 0.15) is 0 Å². The number of nitrogens with zero attached hydrogens (tertiary/aromatic N) is 3. The molecule has 0 saturated heterocycles. The average molecular weight is 526 g/mol. The highest BCUT2D eigenvalue weighted by Crippen LogP contribution is 2.28. The minimum atomic E-state index is -4.10. The van der Waals surface area contributed by atoms with Gasteiger partial charge in [-0.05, 0) is 48.0 Å². The van der Waals surface area contributed by atoms with Gasteiger partial charge in [-0.1, -0.05) is 48.0 Å². The molecule has 3 aromatic carbocycles. The van der Waals surface area contributed by atoms with Crippen molar-refractivity contribution in [3.05, 3.63) is 95.0 Å². The minimum absolute atomic E-state index is 0.0145. The number of carbonyl (C=O) groups is 2. The fourth-order valence-corrected chi connectivity index (χ4v) is 4.87. The Labute approximate surface area is 215 Å². The first-order valence-electron chi connectivity index (χ1n) is 10.9. The summed E-state index contributed by atoms with van der Waals surface area (Å²) in [6, 6.07) is 22.9. The van der Waals surface area contributed by atoms with Gasteiger partial charge in [-0.2, -0.15) is 5.26 Å². The predicted molar refractivity (Wildman–Crippen MR) is 136 cm³/mol. The van der Waals surface area contributed by atoms with Crippen LogP contribution in [0.3, 0.4) is 0 Å². The zero-order valence-electron chi connectivity index (χ0n) is 19.5. The number of hydrogen-bond donors (Lipinski definition) is 0. The number of halogens is 1. The number of benzene rings is 3. The van der Waals surface area contributed by atoms with E-state index in [1.54, 1.807) is 24.3 Å². The summed E-state index contributed by atoms with van der Waals surface area (Å²) >= 11 is 6.00. The number of ether oxygens (including phenoxy) is 1. The molecular weight excluding hydrogens is 502 g/mol. The molecule has 0 N–H and O–H groups in total. The number of sulfonamides is 1. The number of hydrogen-bond acceptors (Lipinski definition) is 6. The summed E-state index contributed by atoms with van der Waals surface area (Å²) in [6.45, 7) is -0.256. The third-order valence-electron chi connectivity index (χ3n) is 5.25. The van der Waals surface area contributed by atoms with Crippen LogP contribution in [0.25, 0.3) is 0 Å². The van der Waals surface area contributed by atoms with Gasteiger partial charge in [0, 0.05) is 18.6 Å². The quantitative estimate of drug-likeness (QED) is 0.366. The molecular formula is C26H24ClN3O5S. The molecule has 0 aliphatic heterocycles. The number of esters is 1. The van der Waals surface area contributed by atoms with E-state index in [0.29, 0.717) is 10.7 Å². The third kappa shape index (κ3) is 6.84. The first kappa shape index (κ1) is 26.7. The SMILES string of the molecule is CN(CCC#N)C(=O)COC(=O)c1cccc(S(=O)(=O)N(Cc2ccccc2)c2ccc(Cl)cc2)c1. The fourth-order valence-electron chi connectivity index (χ4n) is 3.25. The van der Waals surface area contributed by atoms with Crippen LogP contribution in [0.2, 0.25) is 5.02 Å². The molecule has 0 spiro atoms. The second kappa shape index (κ2) is 12.2. The number of carbonyl (C=O) groups excluding carboxylic acids is 2. The Balaban J connectivity index is 1.85. The summed E-state index contributed by atoms with van der Waals surface area (Å²) in [6.07, 6.45) is 0.156. The van der Waals surface area contributed by atoms with Gasteiger partial charge in [0.2, 0.25) is 0 Å². The van der Waals surface area contributed by atoms with Crippen LogP contribution in [0.5, 0.6) is 0 Å². The van der Waals surface area contributed by atoms with E-state index in [1.807, 2.05) is 36.4 Å². The predicted octanol–water partition coefficient (Wildman–Crippen LogP) is 4.26. The van der Waals surface area contributed by atoms with Crippen LogP contribution in [-0.2, 0) is 26.1 Å². The molecule has 3 aromatic rings. The number of rotatable bonds is 10. The first-order valence-corrected chi connectivity index (χ1v) is 12.7. The van der Waals surface area contributed by atoms with Gasteiger partial charge in [-0.25, -0.2) is 13.2 Å². The van der Waals surface area contributed by atoms with Crippen LogP contribution in [0.1, 0.15) is 22.3 Å². The van der Waals surface area contributed by atoms with Crippen molar-refractivity contribution in [1.82, 2.24) is 4.90 Å². The van der Waals surface area contributed by atoms with Gasteiger partial charge in [-0.15, -0.1) is 0 Å². The highest BCUT2D eigenvalue weighted by atomic mass is 35.5. The van der Waals surface area contributed by atoms with Crippen molar-refractivity contribution in [1.29, 1.82) is 5.26 Å². The molecule has 1 amide bonds. The van der Waals surface area contributed by atoms with Crippen LogP contribution in [0.4, 0.5) is 5.69 Å². The number of nitriles is 1. The number of likely N-dealkylation sites (N-methyl/N-ethyl adjacent to an activating group) is 1. The summed E-state index contributed by atoms with van der Waals surface area (Å²) in [5, 5.41) is 9.10. The third-order valence-corrected chi connectivity index (χ3v) is 7.27. The monoisotopic (exact) mass is 525 g/mol. The topological polar surface area (TPSA) is 108 Å². The lowest BCUT2D eigenvalue weighted by atomic mass is 10.2. The second-order valence-electron chi connectivity index (χ2n) is 7.80.